The summed E-state index contributed by atoms with van der Waals surface area (Å²) in [5.41, 5.74) is 2.03. The van der Waals surface area contributed by atoms with Gasteiger partial charge in [-0.05, 0) is 49.9 Å². The molecule has 1 aromatic carbocycles. The molecule has 0 radical (unpaired) electrons. The molecule has 0 spiro atoms. The highest BCUT2D eigenvalue weighted by Crippen LogP contribution is 2.25. The van der Waals surface area contributed by atoms with E-state index in [2.05, 4.69) is 12.2 Å². The molecule has 112 valence electrons. The van der Waals surface area contributed by atoms with Gasteiger partial charge in [0.05, 0.1) is 6.61 Å². The molecular weight excluding hydrogens is 274 g/mol. The van der Waals surface area contributed by atoms with Crippen LogP contribution >= 0.6 is 11.6 Å². The van der Waals surface area contributed by atoms with Crippen LogP contribution in [0.2, 0.25) is 5.02 Å². The summed E-state index contributed by atoms with van der Waals surface area (Å²) in [4.78, 5) is 11.5. The molecule has 0 aromatic heterocycles. The third kappa shape index (κ3) is 5.83. The number of carbonyl (C=O) groups excluding carboxylic acids is 1. The molecule has 0 saturated carbocycles. The first-order valence-corrected chi connectivity index (χ1v) is 7.58. The first-order valence-electron chi connectivity index (χ1n) is 7.20. The van der Waals surface area contributed by atoms with Crippen LogP contribution in [-0.2, 0) is 4.79 Å². The van der Waals surface area contributed by atoms with Crippen molar-refractivity contribution in [1.82, 2.24) is 5.32 Å². The van der Waals surface area contributed by atoms with Crippen molar-refractivity contribution in [2.75, 3.05) is 13.2 Å². The van der Waals surface area contributed by atoms with Gasteiger partial charge in [0.15, 0.2) is 0 Å². The van der Waals surface area contributed by atoms with Crippen LogP contribution in [-0.4, -0.2) is 19.1 Å². The number of rotatable bonds is 8. The summed E-state index contributed by atoms with van der Waals surface area (Å²) < 4.78 is 5.66. The lowest BCUT2D eigenvalue weighted by atomic mass is 10.1. The largest absolute Gasteiger partial charge is 0.494 e. The van der Waals surface area contributed by atoms with Crippen LogP contribution < -0.4 is 10.1 Å². The standard InChI is InChI=1S/C16H24ClNO2/c1-4-5-8-18-15(19)7-6-9-20-14-10-12(2)16(17)13(3)11-14/h10-11H,4-9H2,1-3H3,(H,18,19). The minimum Gasteiger partial charge on any atom is -0.494 e. The number of carbonyl (C=O) groups is 1. The van der Waals surface area contributed by atoms with E-state index < -0.39 is 0 Å². The fraction of sp³-hybridized carbons (Fsp3) is 0.562. The highest BCUT2D eigenvalue weighted by atomic mass is 35.5. The molecule has 0 aliphatic carbocycles. The molecule has 0 heterocycles. The van der Waals surface area contributed by atoms with Crippen LogP contribution in [0, 0.1) is 13.8 Å². The number of hydrogen-bond acceptors (Lipinski definition) is 2. The quantitative estimate of drug-likeness (QED) is 0.736. The fourth-order valence-electron chi connectivity index (χ4n) is 1.91. The minimum atomic E-state index is 0.102. The second-order valence-electron chi connectivity index (χ2n) is 5.03. The third-order valence-corrected chi connectivity index (χ3v) is 3.68. The number of unbranched alkanes of at least 4 members (excludes halogenated alkanes) is 1. The van der Waals surface area contributed by atoms with Crippen LogP contribution in [0.5, 0.6) is 5.75 Å². The van der Waals surface area contributed by atoms with E-state index in [-0.39, 0.29) is 5.91 Å². The maximum Gasteiger partial charge on any atom is 0.220 e. The molecule has 0 aliphatic rings. The van der Waals surface area contributed by atoms with Gasteiger partial charge in [-0.1, -0.05) is 24.9 Å². The Morgan fingerprint density at radius 1 is 1.25 bits per heavy atom. The van der Waals surface area contributed by atoms with Crippen molar-refractivity contribution in [3.8, 4) is 5.75 Å². The van der Waals surface area contributed by atoms with Crippen LogP contribution in [0.25, 0.3) is 0 Å². The van der Waals surface area contributed by atoms with Gasteiger partial charge in [0.2, 0.25) is 5.91 Å². The van der Waals surface area contributed by atoms with Gasteiger partial charge in [-0.2, -0.15) is 0 Å². The molecule has 4 heteroatoms. The smallest absolute Gasteiger partial charge is 0.220 e. The normalized spacial score (nSPS) is 10.4. The van der Waals surface area contributed by atoms with Gasteiger partial charge in [0.25, 0.3) is 0 Å². The maximum atomic E-state index is 11.5. The molecule has 3 nitrogen and oxygen atoms in total. The molecule has 1 rings (SSSR count). The first-order chi connectivity index (χ1) is 9.54. The van der Waals surface area contributed by atoms with Crippen LogP contribution in [0.1, 0.15) is 43.7 Å². The Labute approximate surface area is 126 Å². The van der Waals surface area contributed by atoms with Crippen LogP contribution in [0.4, 0.5) is 0 Å². The summed E-state index contributed by atoms with van der Waals surface area (Å²) in [6.45, 7) is 7.34. The zero-order valence-electron chi connectivity index (χ0n) is 12.6. The molecule has 0 unspecified atom stereocenters. The zero-order valence-corrected chi connectivity index (χ0v) is 13.3. The van der Waals surface area contributed by atoms with E-state index in [1.807, 2.05) is 26.0 Å². The molecular formula is C16H24ClNO2. The lowest BCUT2D eigenvalue weighted by molar-refractivity contribution is -0.121. The fourth-order valence-corrected chi connectivity index (χ4v) is 2.01. The third-order valence-electron chi connectivity index (χ3n) is 3.08. The molecule has 1 N–H and O–H groups in total. The highest BCUT2D eigenvalue weighted by molar-refractivity contribution is 6.32. The zero-order chi connectivity index (χ0) is 15.0. The van der Waals surface area contributed by atoms with E-state index in [0.29, 0.717) is 13.0 Å². The topological polar surface area (TPSA) is 38.3 Å². The Hall–Kier alpha value is -1.22. The number of hydrogen-bond donors (Lipinski definition) is 1. The van der Waals surface area contributed by atoms with Gasteiger partial charge < -0.3 is 10.1 Å². The summed E-state index contributed by atoms with van der Waals surface area (Å²) in [5.74, 6) is 0.918. The van der Waals surface area contributed by atoms with Gasteiger partial charge in [-0.15, -0.1) is 0 Å². The van der Waals surface area contributed by atoms with Gasteiger partial charge in [-0.3, -0.25) is 4.79 Å². The summed E-state index contributed by atoms with van der Waals surface area (Å²) in [6, 6.07) is 3.85. The van der Waals surface area contributed by atoms with Crippen molar-refractivity contribution in [1.29, 1.82) is 0 Å². The summed E-state index contributed by atoms with van der Waals surface area (Å²) in [6.07, 6.45) is 3.36. The molecule has 0 saturated heterocycles. The predicted molar refractivity (Wildman–Crippen MR) is 83.6 cm³/mol. The number of halogens is 1. The van der Waals surface area contributed by atoms with E-state index in [9.17, 15) is 4.79 Å². The molecule has 0 atom stereocenters. The average Bonchev–Trinajstić information content (AvgIpc) is 2.41. The molecule has 1 aromatic rings. The number of aryl methyl sites for hydroxylation is 2. The Bertz CT molecular complexity index is 423. The molecule has 20 heavy (non-hydrogen) atoms. The van der Waals surface area contributed by atoms with Gasteiger partial charge in [-0.25, -0.2) is 0 Å². The van der Waals surface area contributed by atoms with Crippen molar-refractivity contribution in [2.45, 2.75) is 46.5 Å². The van der Waals surface area contributed by atoms with E-state index in [4.69, 9.17) is 16.3 Å². The second kappa shape index (κ2) is 8.85. The lowest BCUT2D eigenvalue weighted by Crippen LogP contribution is -2.24. The Balaban J connectivity index is 2.26. The minimum absolute atomic E-state index is 0.102. The van der Waals surface area contributed by atoms with Gasteiger partial charge >= 0.3 is 0 Å². The number of benzene rings is 1. The lowest BCUT2D eigenvalue weighted by Gasteiger charge is -2.10. The predicted octanol–water partition coefficient (Wildman–Crippen LogP) is 4.03. The van der Waals surface area contributed by atoms with Gasteiger partial charge in [0.1, 0.15) is 5.75 Å². The Kier molecular flexibility index (Phi) is 7.45. The molecule has 0 fully saturated rings. The summed E-state index contributed by atoms with van der Waals surface area (Å²) in [5, 5.41) is 3.68. The average molecular weight is 298 g/mol. The first kappa shape index (κ1) is 16.8. The van der Waals surface area contributed by atoms with Crippen LogP contribution in [0.3, 0.4) is 0 Å². The molecule has 0 bridgehead atoms. The van der Waals surface area contributed by atoms with E-state index in [1.54, 1.807) is 0 Å². The maximum absolute atomic E-state index is 11.5. The number of ether oxygens (including phenoxy) is 1. The van der Waals surface area contributed by atoms with Crippen molar-refractivity contribution in [2.24, 2.45) is 0 Å². The van der Waals surface area contributed by atoms with E-state index in [0.717, 1.165) is 47.7 Å². The Morgan fingerprint density at radius 2 is 1.90 bits per heavy atom. The highest BCUT2D eigenvalue weighted by Gasteiger charge is 2.04. The monoisotopic (exact) mass is 297 g/mol. The molecule has 1 amide bonds. The van der Waals surface area contributed by atoms with Gasteiger partial charge in [0, 0.05) is 18.0 Å². The van der Waals surface area contributed by atoms with Crippen LogP contribution in [0.15, 0.2) is 12.1 Å². The second-order valence-corrected chi connectivity index (χ2v) is 5.40. The van der Waals surface area contributed by atoms with E-state index >= 15 is 0 Å². The van der Waals surface area contributed by atoms with Crippen molar-refractivity contribution in [3.05, 3.63) is 28.3 Å². The van der Waals surface area contributed by atoms with Crippen molar-refractivity contribution in [3.63, 3.8) is 0 Å². The van der Waals surface area contributed by atoms with E-state index in [1.165, 1.54) is 0 Å². The van der Waals surface area contributed by atoms with Crippen molar-refractivity contribution < 1.29 is 9.53 Å². The summed E-state index contributed by atoms with van der Waals surface area (Å²) in [7, 11) is 0. The summed E-state index contributed by atoms with van der Waals surface area (Å²) >= 11 is 6.10. The molecule has 0 aliphatic heterocycles. The SMILES string of the molecule is CCCCNC(=O)CCCOc1cc(C)c(Cl)c(C)c1. The Morgan fingerprint density at radius 3 is 2.50 bits per heavy atom. The van der Waals surface area contributed by atoms with Crippen molar-refractivity contribution >= 4 is 17.5 Å². The number of amides is 1. The number of nitrogens with one attached hydrogen (secondary N) is 1.